The van der Waals surface area contributed by atoms with Gasteiger partial charge in [-0.05, 0) is 42.2 Å². The van der Waals surface area contributed by atoms with Crippen LogP contribution in [0, 0.1) is 6.92 Å². The molecule has 1 atom stereocenters. The maximum absolute atomic E-state index is 6.09. The van der Waals surface area contributed by atoms with Crippen LogP contribution in [-0.2, 0) is 11.8 Å². The van der Waals surface area contributed by atoms with Gasteiger partial charge >= 0.3 is 0 Å². The van der Waals surface area contributed by atoms with E-state index in [4.69, 9.17) is 10.5 Å². The highest BCUT2D eigenvalue weighted by Crippen LogP contribution is 2.30. The second-order valence-electron chi connectivity index (χ2n) is 5.60. The molecule has 0 aliphatic rings. The van der Waals surface area contributed by atoms with Gasteiger partial charge in [0.15, 0.2) is 0 Å². The van der Waals surface area contributed by atoms with Crippen molar-refractivity contribution >= 4 is 0 Å². The molecule has 0 saturated carbocycles. The minimum atomic E-state index is -0.0827. The topological polar surface area (TPSA) is 35.2 Å². The molecular weight excluding hydrogens is 246 g/mol. The van der Waals surface area contributed by atoms with E-state index in [0.717, 1.165) is 12.2 Å². The third kappa shape index (κ3) is 3.02. The van der Waals surface area contributed by atoms with Crippen LogP contribution in [0.15, 0.2) is 48.5 Å². The molecule has 2 N–H and O–H groups in total. The van der Waals surface area contributed by atoms with Gasteiger partial charge in [-0.2, -0.15) is 0 Å². The molecule has 1 unspecified atom stereocenters. The lowest BCUT2D eigenvalue weighted by atomic mass is 9.76. The molecule has 20 heavy (non-hydrogen) atoms. The van der Waals surface area contributed by atoms with E-state index in [2.05, 4.69) is 50.2 Å². The normalized spacial score (nSPS) is 13.8. The van der Waals surface area contributed by atoms with Crippen LogP contribution in [-0.4, -0.2) is 13.7 Å². The van der Waals surface area contributed by atoms with Crippen LogP contribution < -0.4 is 10.5 Å². The van der Waals surface area contributed by atoms with Crippen LogP contribution in [0.5, 0.6) is 5.75 Å². The highest BCUT2D eigenvalue weighted by Gasteiger charge is 2.26. The minimum Gasteiger partial charge on any atom is -0.497 e. The smallest absolute Gasteiger partial charge is 0.119 e. The predicted molar refractivity (Wildman–Crippen MR) is 84.3 cm³/mol. The summed E-state index contributed by atoms with van der Waals surface area (Å²) in [5.74, 6) is 0.881. The zero-order valence-corrected chi connectivity index (χ0v) is 12.5. The monoisotopic (exact) mass is 269 g/mol. The molecule has 2 heteroatoms. The van der Waals surface area contributed by atoms with Crippen LogP contribution in [0.4, 0.5) is 0 Å². The largest absolute Gasteiger partial charge is 0.497 e. The van der Waals surface area contributed by atoms with Gasteiger partial charge in [0, 0.05) is 12.0 Å². The van der Waals surface area contributed by atoms with Gasteiger partial charge < -0.3 is 10.5 Å². The van der Waals surface area contributed by atoms with E-state index < -0.39 is 0 Å². The van der Waals surface area contributed by atoms with Crippen molar-refractivity contribution in [1.82, 2.24) is 0 Å². The Bertz CT molecular complexity index is 579. The summed E-state index contributed by atoms with van der Waals surface area (Å²) in [7, 11) is 1.69. The standard InChI is InChI=1S/C18H23NO/c1-14-7-4-5-8-15(14)12-18(2,13-19)16-9-6-10-17(11-16)20-3/h4-11H,12-13,19H2,1-3H3. The fourth-order valence-electron chi connectivity index (χ4n) is 2.52. The second-order valence-corrected chi connectivity index (χ2v) is 5.60. The number of hydrogen-bond donors (Lipinski definition) is 1. The summed E-state index contributed by atoms with van der Waals surface area (Å²) in [6.07, 6.45) is 0.934. The van der Waals surface area contributed by atoms with Crippen molar-refractivity contribution in [3.63, 3.8) is 0 Å². The highest BCUT2D eigenvalue weighted by atomic mass is 16.5. The summed E-state index contributed by atoms with van der Waals surface area (Å²) in [6, 6.07) is 16.7. The Morgan fingerprint density at radius 3 is 2.50 bits per heavy atom. The number of methoxy groups -OCH3 is 1. The fraction of sp³-hybridized carbons (Fsp3) is 0.333. The van der Waals surface area contributed by atoms with E-state index in [0.29, 0.717) is 6.54 Å². The molecule has 2 aromatic rings. The summed E-state index contributed by atoms with van der Waals surface area (Å²) in [4.78, 5) is 0. The van der Waals surface area contributed by atoms with E-state index in [-0.39, 0.29) is 5.41 Å². The first-order chi connectivity index (χ1) is 9.59. The lowest BCUT2D eigenvalue weighted by molar-refractivity contribution is 0.410. The van der Waals surface area contributed by atoms with Crippen molar-refractivity contribution in [3.8, 4) is 5.75 Å². The van der Waals surface area contributed by atoms with E-state index in [9.17, 15) is 0 Å². The molecule has 0 amide bonds. The van der Waals surface area contributed by atoms with Crippen LogP contribution in [0.3, 0.4) is 0 Å². The quantitative estimate of drug-likeness (QED) is 0.902. The lowest BCUT2D eigenvalue weighted by Gasteiger charge is -2.30. The Kier molecular flexibility index (Phi) is 4.46. The average Bonchev–Trinajstić information content (AvgIpc) is 2.49. The third-order valence-corrected chi connectivity index (χ3v) is 4.06. The summed E-state index contributed by atoms with van der Waals surface area (Å²) in [6.45, 7) is 4.97. The first kappa shape index (κ1) is 14.6. The van der Waals surface area contributed by atoms with Gasteiger partial charge in [-0.3, -0.25) is 0 Å². The molecule has 0 spiro atoms. The molecule has 0 aliphatic carbocycles. The van der Waals surface area contributed by atoms with Gasteiger partial charge in [-0.15, -0.1) is 0 Å². The zero-order valence-electron chi connectivity index (χ0n) is 12.5. The molecule has 0 radical (unpaired) electrons. The van der Waals surface area contributed by atoms with Crippen molar-refractivity contribution in [2.24, 2.45) is 5.73 Å². The van der Waals surface area contributed by atoms with Crippen LogP contribution in [0.25, 0.3) is 0 Å². The average molecular weight is 269 g/mol. The Labute approximate surface area is 121 Å². The van der Waals surface area contributed by atoms with Gasteiger partial charge in [0.25, 0.3) is 0 Å². The molecular formula is C18H23NO. The molecule has 2 aromatic carbocycles. The number of rotatable bonds is 5. The van der Waals surface area contributed by atoms with Gasteiger partial charge in [-0.25, -0.2) is 0 Å². The molecule has 0 aliphatic heterocycles. The second kappa shape index (κ2) is 6.10. The number of benzene rings is 2. The molecule has 0 aromatic heterocycles. The Hall–Kier alpha value is -1.80. The molecule has 0 bridgehead atoms. The molecule has 2 nitrogen and oxygen atoms in total. The van der Waals surface area contributed by atoms with Crippen molar-refractivity contribution in [1.29, 1.82) is 0 Å². The molecule has 0 heterocycles. The fourth-order valence-corrected chi connectivity index (χ4v) is 2.52. The maximum atomic E-state index is 6.09. The lowest BCUT2D eigenvalue weighted by Crippen LogP contribution is -2.34. The van der Waals surface area contributed by atoms with Crippen molar-refractivity contribution in [2.45, 2.75) is 25.7 Å². The summed E-state index contributed by atoms with van der Waals surface area (Å²) >= 11 is 0. The van der Waals surface area contributed by atoms with Gasteiger partial charge in [-0.1, -0.05) is 43.3 Å². The SMILES string of the molecule is COc1cccc(C(C)(CN)Cc2ccccc2C)c1. The first-order valence-corrected chi connectivity index (χ1v) is 6.98. The summed E-state index contributed by atoms with van der Waals surface area (Å²) in [5.41, 5.74) is 9.89. The molecule has 2 rings (SSSR count). The Morgan fingerprint density at radius 2 is 1.85 bits per heavy atom. The van der Waals surface area contributed by atoms with Gasteiger partial charge in [0.2, 0.25) is 0 Å². The minimum absolute atomic E-state index is 0.0827. The summed E-state index contributed by atoms with van der Waals surface area (Å²) < 4.78 is 5.33. The predicted octanol–water partition coefficient (Wildman–Crippen LogP) is 3.46. The van der Waals surface area contributed by atoms with Crippen molar-refractivity contribution < 1.29 is 4.74 Å². The number of hydrogen-bond acceptors (Lipinski definition) is 2. The van der Waals surface area contributed by atoms with Gasteiger partial charge in [0.1, 0.15) is 5.75 Å². The van der Waals surface area contributed by atoms with Crippen LogP contribution in [0.2, 0.25) is 0 Å². The number of ether oxygens (including phenoxy) is 1. The van der Waals surface area contributed by atoms with Crippen LogP contribution >= 0.6 is 0 Å². The van der Waals surface area contributed by atoms with E-state index >= 15 is 0 Å². The Morgan fingerprint density at radius 1 is 1.10 bits per heavy atom. The van der Waals surface area contributed by atoms with E-state index in [1.54, 1.807) is 7.11 Å². The molecule has 106 valence electrons. The highest BCUT2D eigenvalue weighted by molar-refractivity contribution is 5.37. The molecule has 0 saturated heterocycles. The Balaban J connectivity index is 2.35. The third-order valence-electron chi connectivity index (χ3n) is 4.06. The van der Waals surface area contributed by atoms with Crippen LogP contribution in [0.1, 0.15) is 23.6 Å². The van der Waals surface area contributed by atoms with E-state index in [1.165, 1.54) is 16.7 Å². The van der Waals surface area contributed by atoms with Crippen molar-refractivity contribution in [3.05, 3.63) is 65.2 Å². The first-order valence-electron chi connectivity index (χ1n) is 6.98. The zero-order chi connectivity index (χ0) is 14.6. The van der Waals surface area contributed by atoms with Crippen molar-refractivity contribution in [2.75, 3.05) is 13.7 Å². The number of nitrogens with two attached hydrogens (primary N) is 1. The number of aryl methyl sites for hydroxylation is 1. The summed E-state index contributed by atoms with van der Waals surface area (Å²) in [5, 5.41) is 0. The van der Waals surface area contributed by atoms with Gasteiger partial charge in [0.05, 0.1) is 7.11 Å². The molecule has 0 fully saturated rings. The maximum Gasteiger partial charge on any atom is 0.119 e. The van der Waals surface area contributed by atoms with E-state index in [1.807, 2.05) is 12.1 Å².